The molecule has 3 amide bonds. The van der Waals surface area contributed by atoms with E-state index >= 15 is 0 Å². The molecule has 0 bridgehead atoms. The first-order valence-corrected chi connectivity index (χ1v) is 11.2. The van der Waals surface area contributed by atoms with E-state index in [0.29, 0.717) is 5.75 Å². The van der Waals surface area contributed by atoms with Crippen molar-refractivity contribution in [1.82, 2.24) is 20.9 Å². The first-order chi connectivity index (χ1) is 12.8. The van der Waals surface area contributed by atoms with Gasteiger partial charge in [0.25, 0.3) is 5.91 Å². The van der Waals surface area contributed by atoms with E-state index in [0.717, 1.165) is 12.8 Å². The molecule has 0 spiro atoms. The summed E-state index contributed by atoms with van der Waals surface area (Å²) in [6.45, 7) is 0. The number of hydrogen-bond acceptors (Lipinski definition) is 6. The molecule has 1 atom stereocenters. The van der Waals surface area contributed by atoms with Crippen molar-refractivity contribution in [2.45, 2.75) is 36.2 Å². The maximum atomic E-state index is 12.4. The van der Waals surface area contributed by atoms with Crippen LogP contribution in [0.15, 0.2) is 35.2 Å². The molecule has 0 saturated heterocycles. The number of thioether (sulfide) groups is 1. The van der Waals surface area contributed by atoms with E-state index in [4.69, 9.17) is 0 Å². The third-order valence-corrected chi connectivity index (χ3v) is 5.83. The molecule has 9 nitrogen and oxygen atoms in total. The molecular weight excluding hydrogens is 392 g/mol. The molecule has 4 N–H and O–H groups in total. The number of carbonyl (C=O) groups is 3. The summed E-state index contributed by atoms with van der Waals surface area (Å²) in [7, 11) is -3.91. The Morgan fingerprint density at radius 1 is 1.11 bits per heavy atom. The van der Waals surface area contributed by atoms with Gasteiger partial charge in [0, 0.05) is 6.04 Å². The Kier molecular flexibility index (Phi) is 7.63. The fourth-order valence-corrected chi connectivity index (χ4v) is 3.80. The van der Waals surface area contributed by atoms with Crippen molar-refractivity contribution in [3.63, 3.8) is 0 Å². The predicted octanol–water partition coefficient (Wildman–Crippen LogP) is -0.487. The van der Waals surface area contributed by atoms with E-state index in [1.807, 2.05) is 11.7 Å². The zero-order chi connectivity index (χ0) is 19.9. The maximum Gasteiger partial charge on any atom is 0.327 e. The lowest BCUT2D eigenvalue weighted by Crippen LogP contribution is -2.55. The lowest BCUT2D eigenvalue weighted by atomic mass is 10.2. The van der Waals surface area contributed by atoms with Crippen LogP contribution in [0, 0.1) is 0 Å². The molecule has 0 radical (unpaired) electrons. The van der Waals surface area contributed by atoms with Crippen LogP contribution >= 0.6 is 11.8 Å². The molecule has 1 saturated carbocycles. The van der Waals surface area contributed by atoms with E-state index in [2.05, 4.69) is 15.5 Å². The number of sulfonamides is 1. The number of hydrazine groups is 1. The molecule has 0 aromatic heterocycles. The quantitative estimate of drug-likeness (QED) is 0.335. The monoisotopic (exact) mass is 414 g/mol. The number of carbonyl (C=O) groups excluding carboxylic acids is 3. The number of hydrogen-bond donors (Lipinski definition) is 4. The average Bonchev–Trinajstić information content (AvgIpc) is 3.47. The Morgan fingerprint density at radius 2 is 1.78 bits per heavy atom. The number of nitrogens with one attached hydrogen (secondary N) is 4. The van der Waals surface area contributed by atoms with Gasteiger partial charge in [-0.05, 0) is 43.4 Å². The molecule has 0 unspecified atom stereocenters. The second kappa shape index (κ2) is 9.72. The summed E-state index contributed by atoms with van der Waals surface area (Å²) in [5.74, 6) is -2.09. The summed E-state index contributed by atoms with van der Waals surface area (Å²) in [6, 6.07) is 6.56. The van der Waals surface area contributed by atoms with Gasteiger partial charge in [-0.2, -0.15) is 16.5 Å². The van der Waals surface area contributed by atoms with Crippen molar-refractivity contribution < 1.29 is 22.8 Å². The van der Waals surface area contributed by atoms with Gasteiger partial charge in [-0.1, -0.05) is 18.2 Å². The van der Waals surface area contributed by atoms with Gasteiger partial charge in [-0.25, -0.2) is 8.42 Å². The van der Waals surface area contributed by atoms with Crippen molar-refractivity contribution in [2.75, 3.05) is 12.0 Å². The first kappa shape index (κ1) is 21.2. The molecule has 1 aliphatic carbocycles. The minimum Gasteiger partial charge on any atom is -0.345 e. The van der Waals surface area contributed by atoms with Crippen LogP contribution < -0.4 is 20.9 Å². The molecule has 1 aliphatic rings. The Bertz CT molecular complexity index is 781. The van der Waals surface area contributed by atoms with Gasteiger partial charge in [0.1, 0.15) is 6.04 Å². The maximum absolute atomic E-state index is 12.4. The predicted molar refractivity (Wildman–Crippen MR) is 101 cm³/mol. The van der Waals surface area contributed by atoms with Crippen LogP contribution in [0.4, 0.5) is 0 Å². The minimum atomic E-state index is -3.91. The third-order valence-electron chi connectivity index (χ3n) is 3.70. The zero-order valence-electron chi connectivity index (χ0n) is 14.7. The molecule has 0 aliphatic heterocycles. The molecule has 148 valence electrons. The second-order valence-corrected chi connectivity index (χ2v) is 8.66. The smallest absolute Gasteiger partial charge is 0.327 e. The van der Waals surface area contributed by atoms with Crippen LogP contribution in [0.1, 0.15) is 19.3 Å². The molecule has 11 heteroatoms. The highest BCUT2D eigenvalue weighted by molar-refractivity contribution is 7.98. The van der Waals surface area contributed by atoms with Gasteiger partial charge in [0.2, 0.25) is 10.0 Å². The van der Waals surface area contributed by atoms with Crippen LogP contribution in [0.2, 0.25) is 0 Å². The summed E-state index contributed by atoms with van der Waals surface area (Å²) >= 11 is 1.45. The number of rotatable bonds is 8. The molecule has 1 aromatic rings. The Hall–Kier alpha value is -2.11. The molecular formula is C16H22N4O5S2. The fourth-order valence-electron chi connectivity index (χ4n) is 2.08. The van der Waals surface area contributed by atoms with Crippen molar-refractivity contribution in [2.24, 2.45) is 0 Å². The summed E-state index contributed by atoms with van der Waals surface area (Å²) in [5.41, 5.74) is 4.11. The number of amides is 3. The topological polar surface area (TPSA) is 133 Å². The Labute approximate surface area is 162 Å². The zero-order valence-corrected chi connectivity index (χ0v) is 16.4. The molecule has 2 rings (SSSR count). The highest BCUT2D eigenvalue weighted by Gasteiger charge is 2.28. The third kappa shape index (κ3) is 6.85. The van der Waals surface area contributed by atoms with E-state index < -0.39 is 33.8 Å². The van der Waals surface area contributed by atoms with Crippen molar-refractivity contribution >= 4 is 39.5 Å². The van der Waals surface area contributed by atoms with E-state index in [1.54, 1.807) is 18.2 Å². The normalized spacial score (nSPS) is 14.9. The molecule has 1 aromatic carbocycles. The number of benzene rings is 1. The Morgan fingerprint density at radius 3 is 2.37 bits per heavy atom. The largest absolute Gasteiger partial charge is 0.345 e. The highest BCUT2D eigenvalue weighted by atomic mass is 32.2. The minimum absolute atomic E-state index is 0.00552. The van der Waals surface area contributed by atoms with Gasteiger partial charge >= 0.3 is 11.8 Å². The highest BCUT2D eigenvalue weighted by Crippen LogP contribution is 2.18. The summed E-state index contributed by atoms with van der Waals surface area (Å²) in [4.78, 5) is 35.6. The first-order valence-electron chi connectivity index (χ1n) is 8.30. The van der Waals surface area contributed by atoms with Crippen LogP contribution in [-0.2, 0) is 24.4 Å². The van der Waals surface area contributed by atoms with E-state index in [-0.39, 0.29) is 17.4 Å². The molecule has 0 heterocycles. The lowest BCUT2D eigenvalue weighted by molar-refractivity contribution is -0.141. The van der Waals surface area contributed by atoms with E-state index in [1.165, 1.54) is 23.9 Å². The van der Waals surface area contributed by atoms with Crippen LogP contribution in [0.5, 0.6) is 0 Å². The lowest BCUT2D eigenvalue weighted by Gasteiger charge is -2.18. The average molecular weight is 415 g/mol. The van der Waals surface area contributed by atoms with Gasteiger partial charge in [-0.15, -0.1) is 0 Å². The van der Waals surface area contributed by atoms with Gasteiger partial charge in [0.15, 0.2) is 0 Å². The van der Waals surface area contributed by atoms with Gasteiger partial charge in [0.05, 0.1) is 4.90 Å². The van der Waals surface area contributed by atoms with Crippen LogP contribution in [0.3, 0.4) is 0 Å². The summed E-state index contributed by atoms with van der Waals surface area (Å²) in [6.07, 6.45) is 3.68. The van der Waals surface area contributed by atoms with Crippen LogP contribution in [-0.4, -0.2) is 50.2 Å². The molecule has 27 heavy (non-hydrogen) atoms. The van der Waals surface area contributed by atoms with Crippen molar-refractivity contribution in [1.29, 1.82) is 0 Å². The fraction of sp³-hybridized carbons (Fsp3) is 0.438. The SMILES string of the molecule is CSCC[C@@H](NS(=O)(=O)c1ccccc1)C(=O)NNC(=O)C(=O)NC1CC1. The van der Waals surface area contributed by atoms with Crippen molar-refractivity contribution in [3.8, 4) is 0 Å². The standard InChI is InChI=1S/C16H22N4O5S2/c1-26-10-9-13(20-27(24,25)12-5-3-2-4-6-12)14(21)18-19-16(23)15(22)17-11-7-8-11/h2-6,11,13,20H,7-10H2,1H3,(H,17,22)(H,18,21)(H,19,23)/t13-/m1/s1. The Balaban J connectivity index is 1.96. The van der Waals surface area contributed by atoms with Gasteiger partial charge in [-0.3, -0.25) is 25.2 Å². The van der Waals surface area contributed by atoms with Crippen molar-refractivity contribution in [3.05, 3.63) is 30.3 Å². The van der Waals surface area contributed by atoms with Crippen LogP contribution in [0.25, 0.3) is 0 Å². The summed E-state index contributed by atoms with van der Waals surface area (Å²) < 4.78 is 27.2. The summed E-state index contributed by atoms with van der Waals surface area (Å²) in [5, 5.41) is 2.48. The second-order valence-electron chi connectivity index (χ2n) is 5.96. The van der Waals surface area contributed by atoms with E-state index in [9.17, 15) is 22.8 Å². The molecule has 1 fully saturated rings. The van der Waals surface area contributed by atoms with Gasteiger partial charge < -0.3 is 5.32 Å².